The molecule has 156 valence electrons. The maximum absolute atomic E-state index is 13.0. The Morgan fingerprint density at radius 2 is 1.57 bits per heavy atom. The molecule has 0 saturated carbocycles. The molecule has 0 atom stereocenters. The van der Waals surface area contributed by atoms with Gasteiger partial charge in [0.25, 0.3) is 5.91 Å². The van der Waals surface area contributed by atoms with Gasteiger partial charge in [0, 0.05) is 5.69 Å². The molecule has 0 aliphatic carbocycles. The van der Waals surface area contributed by atoms with Crippen LogP contribution >= 0.6 is 0 Å². The zero-order valence-corrected chi connectivity index (χ0v) is 16.2. The molecule has 1 amide bonds. The number of para-hydroxylation sites is 1. The van der Waals surface area contributed by atoms with Crippen LogP contribution in [-0.2, 0) is 16.4 Å². The van der Waals surface area contributed by atoms with Crippen LogP contribution in [0.1, 0.15) is 15.9 Å². The largest absolute Gasteiger partial charge is 0.488 e. The molecule has 0 fully saturated rings. The smallest absolute Gasteiger partial charge is 0.341 e. The van der Waals surface area contributed by atoms with Gasteiger partial charge in [0.15, 0.2) is 0 Å². The summed E-state index contributed by atoms with van der Waals surface area (Å²) < 4.78 is 66.8. The molecule has 0 bridgehead atoms. The van der Waals surface area contributed by atoms with Gasteiger partial charge in [-0.15, -0.1) is 0 Å². The Labute approximate surface area is 171 Å². The summed E-state index contributed by atoms with van der Waals surface area (Å²) in [5, 5.41) is 2.56. The van der Waals surface area contributed by atoms with Crippen LogP contribution in [0.4, 0.5) is 18.9 Å². The van der Waals surface area contributed by atoms with E-state index in [0.29, 0.717) is 5.56 Å². The molecule has 5 nitrogen and oxygen atoms in total. The molecule has 9 heteroatoms. The van der Waals surface area contributed by atoms with Gasteiger partial charge in [0.2, 0.25) is 9.84 Å². The van der Waals surface area contributed by atoms with E-state index in [1.54, 1.807) is 30.3 Å². The molecule has 0 aliphatic rings. The summed E-state index contributed by atoms with van der Waals surface area (Å²) in [4.78, 5) is 12.1. The van der Waals surface area contributed by atoms with Crippen LogP contribution in [0.3, 0.4) is 0 Å². The van der Waals surface area contributed by atoms with Crippen LogP contribution in [0.2, 0.25) is 0 Å². The van der Waals surface area contributed by atoms with Crippen molar-refractivity contribution in [3.8, 4) is 5.75 Å². The standard InChI is InChI=1S/C21H16F3NO4S/c22-15-7-5-14(6-8-15)13-29-19-4-2-1-3-18(19)20(26)25-16-9-11-17(12-10-16)30(27,28)21(23)24/h1-12,21H,13H2,(H,25,26). The first kappa shape index (κ1) is 21.4. The Bertz CT molecular complexity index is 1130. The van der Waals surface area contributed by atoms with Crippen LogP contribution in [-0.4, -0.2) is 20.1 Å². The molecule has 0 heterocycles. The Kier molecular flexibility index (Phi) is 6.41. The van der Waals surface area contributed by atoms with Crippen LogP contribution in [0.25, 0.3) is 0 Å². The number of carbonyl (C=O) groups is 1. The summed E-state index contributed by atoms with van der Waals surface area (Å²) in [5.41, 5.74) is 1.15. The fourth-order valence-electron chi connectivity index (χ4n) is 2.55. The lowest BCUT2D eigenvalue weighted by atomic mass is 10.1. The molecule has 3 aromatic rings. The first-order valence-electron chi connectivity index (χ1n) is 8.67. The number of anilines is 1. The number of sulfone groups is 1. The molecule has 0 aromatic heterocycles. The second kappa shape index (κ2) is 9.00. The maximum atomic E-state index is 13.0. The predicted molar refractivity (Wildman–Crippen MR) is 105 cm³/mol. The van der Waals surface area contributed by atoms with Gasteiger partial charge in [0.05, 0.1) is 10.5 Å². The number of alkyl halides is 2. The zero-order chi connectivity index (χ0) is 21.7. The molecular weight excluding hydrogens is 419 g/mol. The fraction of sp³-hybridized carbons (Fsp3) is 0.0952. The van der Waals surface area contributed by atoms with Gasteiger partial charge in [0.1, 0.15) is 18.2 Å². The molecule has 3 aromatic carbocycles. The predicted octanol–water partition coefficient (Wildman–Crippen LogP) is 4.65. The van der Waals surface area contributed by atoms with Gasteiger partial charge >= 0.3 is 5.76 Å². The van der Waals surface area contributed by atoms with E-state index >= 15 is 0 Å². The summed E-state index contributed by atoms with van der Waals surface area (Å²) >= 11 is 0. The number of ether oxygens (including phenoxy) is 1. The van der Waals surface area contributed by atoms with Crippen molar-refractivity contribution in [1.29, 1.82) is 0 Å². The van der Waals surface area contributed by atoms with Crippen molar-refractivity contribution in [3.63, 3.8) is 0 Å². The third-order valence-electron chi connectivity index (χ3n) is 4.11. The minimum Gasteiger partial charge on any atom is -0.488 e. The van der Waals surface area contributed by atoms with Crippen molar-refractivity contribution in [2.75, 3.05) is 5.32 Å². The van der Waals surface area contributed by atoms with Gasteiger partial charge < -0.3 is 10.1 Å². The number of hydrogen-bond donors (Lipinski definition) is 1. The topological polar surface area (TPSA) is 72.5 Å². The molecule has 0 unspecified atom stereocenters. The SMILES string of the molecule is O=C(Nc1ccc(S(=O)(=O)C(F)F)cc1)c1ccccc1OCc1ccc(F)cc1. The van der Waals surface area contributed by atoms with Gasteiger partial charge in [-0.25, -0.2) is 12.8 Å². The molecule has 0 saturated heterocycles. The second-order valence-electron chi connectivity index (χ2n) is 6.20. The number of nitrogens with one attached hydrogen (secondary N) is 1. The van der Waals surface area contributed by atoms with Gasteiger partial charge in [-0.2, -0.15) is 8.78 Å². The Balaban J connectivity index is 1.72. The Morgan fingerprint density at radius 3 is 2.20 bits per heavy atom. The first-order valence-corrected chi connectivity index (χ1v) is 10.2. The zero-order valence-electron chi connectivity index (χ0n) is 15.4. The normalized spacial score (nSPS) is 11.3. The maximum Gasteiger partial charge on any atom is 0.341 e. The van der Waals surface area contributed by atoms with Crippen LogP contribution in [0.5, 0.6) is 5.75 Å². The lowest BCUT2D eigenvalue weighted by molar-refractivity contribution is 0.102. The van der Waals surface area contributed by atoms with E-state index in [-0.39, 0.29) is 29.4 Å². The van der Waals surface area contributed by atoms with E-state index in [1.165, 1.54) is 30.3 Å². The number of benzene rings is 3. The number of rotatable bonds is 7. The number of halogens is 3. The molecule has 0 aliphatic heterocycles. The monoisotopic (exact) mass is 435 g/mol. The summed E-state index contributed by atoms with van der Waals surface area (Å²) in [7, 11) is -4.71. The summed E-state index contributed by atoms with van der Waals surface area (Å²) in [6, 6.07) is 16.6. The average Bonchev–Trinajstić information content (AvgIpc) is 2.74. The average molecular weight is 435 g/mol. The third kappa shape index (κ3) is 4.98. The highest BCUT2D eigenvalue weighted by atomic mass is 32.2. The van der Waals surface area contributed by atoms with E-state index in [9.17, 15) is 26.4 Å². The van der Waals surface area contributed by atoms with Gasteiger partial charge in [-0.1, -0.05) is 24.3 Å². The summed E-state index contributed by atoms with van der Waals surface area (Å²) in [5.74, 6) is -4.14. The molecular formula is C21H16F3NO4S. The minimum absolute atomic E-state index is 0.116. The number of amides is 1. The number of hydrogen-bond acceptors (Lipinski definition) is 4. The van der Waals surface area contributed by atoms with E-state index < -0.39 is 26.4 Å². The lowest BCUT2D eigenvalue weighted by Gasteiger charge is -2.12. The lowest BCUT2D eigenvalue weighted by Crippen LogP contribution is -2.14. The summed E-state index contributed by atoms with van der Waals surface area (Å²) in [6.07, 6.45) is 0. The van der Waals surface area contributed by atoms with Crippen molar-refractivity contribution < 1.29 is 31.1 Å². The van der Waals surface area contributed by atoms with E-state index in [2.05, 4.69) is 5.32 Å². The summed E-state index contributed by atoms with van der Waals surface area (Å²) in [6.45, 7) is 0.116. The van der Waals surface area contributed by atoms with Crippen molar-refractivity contribution in [3.05, 3.63) is 89.7 Å². The van der Waals surface area contributed by atoms with Crippen molar-refractivity contribution in [2.24, 2.45) is 0 Å². The van der Waals surface area contributed by atoms with E-state index in [1.807, 2.05) is 0 Å². The van der Waals surface area contributed by atoms with Crippen LogP contribution < -0.4 is 10.1 Å². The second-order valence-corrected chi connectivity index (χ2v) is 8.11. The van der Waals surface area contributed by atoms with Crippen molar-refractivity contribution >= 4 is 21.4 Å². The van der Waals surface area contributed by atoms with Gasteiger partial charge in [-0.3, -0.25) is 4.79 Å². The minimum atomic E-state index is -4.71. The third-order valence-corrected chi connectivity index (χ3v) is 5.51. The van der Waals surface area contributed by atoms with Crippen LogP contribution in [0.15, 0.2) is 77.7 Å². The van der Waals surface area contributed by atoms with E-state index in [0.717, 1.165) is 12.1 Å². The Morgan fingerprint density at radius 1 is 0.933 bits per heavy atom. The molecule has 3 rings (SSSR count). The highest BCUT2D eigenvalue weighted by Crippen LogP contribution is 2.23. The molecule has 1 N–H and O–H groups in total. The van der Waals surface area contributed by atoms with Crippen molar-refractivity contribution in [2.45, 2.75) is 17.3 Å². The first-order chi connectivity index (χ1) is 14.3. The highest BCUT2D eigenvalue weighted by molar-refractivity contribution is 7.91. The van der Waals surface area contributed by atoms with E-state index in [4.69, 9.17) is 4.74 Å². The Hall–Kier alpha value is -3.33. The van der Waals surface area contributed by atoms with Crippen LogP contribution in [0, 0.1) is 5.82 Å². The van der Waals surface area contributed by atoms with Crippen molar-refractivity contribution in [1.82, 2.24) is 0 Å². The highest BCUT2D eigenvalue weighted by Gasteiger charge is 2.26. The quantitative estimate of drug-likeness (QED) is 0.586. The fourth-order valence-corrected chi connectivity index (χ4v) is 3.27. The molecule has 0 radical (unpaired) electrons. The van der Waals surface area contributed by atoms with Gasteiger partial charge in [-0.05, 0) is 54.1 Å². The number of carbonyl (C=O) groups excluding carboxylic acids is 1. The molecule has 0 spiro atoms. The molecule has 30 heavy (non-hydrogen) atoms.